The van der Waals surface area contributed by atoms with Gasteiger partial charge in [-0.3, -0.25) is 0 Å². The highest BCUT2D eigenvalue weighted by atomic mass is 32.2. The van der Waals surface area contributed by atoms with E-state index in [1.54, 1.807) is 11.8 Å². The quantitative estimate of drug-likeness (QED) is 0.920. The largest absolute Gasteiger partial charge is 0.316 e. The molecule has 0 radical (unpaired) electrons. The molecule has 1 aromatic carbocycles. The number of tetrazole rings is 1. The monoisotopic (exact) mass is 303 g/mol. The van der Waals surface area contributed by atoms with Gasteiger partial charge in [0.1, 0.15) is 0 Å². The van der Waals surface area contributed by atoms with E-state index in [1.165, 1.54) is 41.7 Å². The van der Waals surface area contributed by atoms with Gasteiger partial charge in [-0.1, -0.05) is 30.5 Å². The maximum atomic E-state index is 4.22. The fourth-order valence-corrected chi connectivity index (χ4v) is 3.82. The zero-order valence-corrected chi connectivity index (χ0v) is 13.4. The van der Waals surface area contributed by atoms with Crippen molar-refractivity contribution in [2.45, 2.75) is 55.2 Å². The summed E-state index contributed by atoms with van der Waals surface area (Å²) in [6.07, 6.45) is 4.94. The lowest BCUT2D eigenvalue weighted by atomic mass is 10.1. The predicted molar refractivity (Wildman–Crippen MR) is 83.4 cm³/mol. The van der Waals surface area contributed by atoms with Gasteiger partial charge in [-0.05, 0) is 60.6 Å². The minimum absolute atomic E-state index is 0.473. The number of hydrogen-bond donors (Lipinski definition) is 1. The van der Waals surface area contributed by atoms with E-state index in [9.17, 15) is 0 Å². The Bertz CT molecular complexity index is 604. The molecule has 1 fully saturated rings. The van der Waals surface area contributed by atoms with E-state index < -0.39 is 0 Å². The molecule has 6 heteroatoms. The summed E-state index contributed by atoms with van der Waals surface area (Å²) in [6.45, 7) is 2.98. The molecule has 0 atom stereocenters. The lowest BCUT2D eigenvalue weighted by Crippen LogP contribution is -2.09. The van der Waals surface area contributed by atoms with Crippen molar-refractivity contribution in [1.29, 1.82) is 0 Å². The number of nitrogens with zero attached hydrogens (tertiary/aromatic N) is 4. The van der Waals surface area contributed by atoms with E-state index in [0.717, 1.165) is 11.7 Å². The van der Waals surface area contributed by atoms with Gasteiger partial charge in [-0.2, -0.15) is 0 Å². The molecule has 1 heterocycles. The number of aromatic nitrogens is 4. The molecule has 0 saturated heterocycles. The van der Waals surface area contributed by atoms with Crippen LogP contribution in [0.5, 0.6) is 0 Å². The third-order valence-electron chi connectivity index (χ3n) is 3.92. The molecule has 0 unspecified atom stereocenters. The summed E-state index contributed by atoms with van der Waals surface area (Å²) in [4.78, 5) is 1.23. The standard InChI is InChI=1S/C15H21N5S/c1-11-7-8-14(12(9-11)10-16-2)21-15-17-18-19-20(15)13-5-3-4-6-13/h7-9,13,16H,3-6,10H2,1-2H3. The van der Waals surface area contributed by atoms with Crippen molar-refractivity contribution in [1.82, 2.24) is 25.5 Å². The molecule has 1 saturated carbocycles. The Kier molecular flexibility index (Phi) is 4.55. The molecule has 1 N–H and O–H groups in total. The normalized spacial score (nSPS) is 15.7. The van der Waals surface area contributed by atoms with E-state index >= 15 is 0 Å². The Hall–Kier alpha value is -1.40. The first-order chi connectivity index (χ1) is 10.3. The van der Waals surface area contributed by atoms with Crippen LogP contribution < -0.4 is 5.32 Å². The zero-order chi connectivity index (χ0) is 14.7. The van der Waals surface area contributed by atoms with Crippen molar-refractivity contribution in [3.8, 4) is 0 Å². The average molecular weight is 303 g/mol. The van der Waals surface area contributed by atoms with Crippen LogP contribution in [-0.4, -0.2) is 27.3 Å². The van der Waals surface area contributed by atoms with Crippen LogP contribution in [0.1, 0.15) is 42.9 Å². The van der Waals surface area contributed by atoms with Crippen molar-refractivity contribution < 1.29 is 0 Å². The van der Waals surface area contributed by atoms with E-state index in [0.29, 0.717) is 6.04 Å². The molecule has 3 rings (SSSR count). The minimum Gasteiger partial charge on any atom is -0.316 e. The molecule has 1 aliphatic rings. The molecular formula is C15H21N5S. The van der Waals surface area contributed by atoms with E-state index in [1.807, 2.05) is 11.7 Å². The van der Waals surface area contributed by atoms with Crippen LogP contribution in [0.25, 0.3) is 0 Å². The van der Waals surface area contributed by atoms with Crippen LogP contribution in [-0.2, 0) is 6.54 Å². The minimum atomic E-state index is 0.473. The summed E-state index contributed by atoms with van der Waals surface area (Å²) >= 11 is 1.67. The lowest BCUT2D eigenvalue weighted by Gasteiger charge is -2.13. The Morgan fingerprint density at radius 1 is 1.33 bits per heavy atom. The van der Waals surface area contributed by atoms with Crippen LogP contribution in [0.4, 0.5) is 0 Å². The first-order valence-electron chi connectivity index (χ1n) is 7.48. The molecule has 2 aromatic rings. The zero-order valence-electron chi connectivity index (χ0n) is 12.5. The molecule has 0 aliphatic heterocycles. The summed E-state index contributed by atoms with van der Waals surface area (Å²) in [5.74, 6) is 0. The summed E-state index contributed by atoms with van der Waals surface area (Å²) < 4.78 is 2.01. The molecule has 5 nitrogen and oxygen atoms in total. The maximum Gasteiger partial charge on any atom is 0.214 e. The van der Waals surface area contributed by atoms with Gasteiger partial charge >= 0.3 is 0 Å². The van der Waals surface area contributed by atoms with Crippen LogP contribution in [0.15, 0.2) is 28.3 Å². The summed E-state index contributed by atoms with van der Waals surface area (Å²) in [6, 6.07) is 7.01. The maximum absolute atomic E-state index is 4.22. The number of nitrogens with one attached hydrogen (secondary N) is 1. The summed E-state index contributed by atoms with van der Waals surface area (Å²) in [5.41, 5.74) is 2.57. The fraction of sp³-hybridized carbons (Fsp3) is 0.533. The second kappa shape index (κ2) is 6.58. The van der Waals surface area contributed by atoms with Gasteiger partial charge in [-0.25, -0.2) is 4.68 Å². The average Bonchev–Trinajstić information content (AvgIpc) is 3.13. The van der Waals surface area contributed by atoms with Crippen LogP contribution in [0.3, 0.4) is 0 Å². The molecular weight excluding hydrogens is 282 g/mol. The third kappa shape index (κ3) is 3.27. The first kappa shape index (κ1) is 14.5. The van der Waals surface area contributed by atoms with Gasteiger partial charge in [0, 0.05) is 11.4 Å². The molecule has 0 spiro atoms. The summed E-state index contributed by atoms with van der Waals surface area (Å²) in [5, 5.41) is 16.4. The van der Waals surface area contributed by atoms with Crippen molar-refractivity contribution in [2.24, 2.45) is 0 Å². The molecule has 0 bridgehead atoms. The van der Waals surface area contributed by atoms with Crippen LogP contribution in [0.2, 0.25) is 0 Å². The van der Waals surface area contributed by atoms with Gasteiger partial charge in [0.2, 0.25) is 5.16 Å². The van der Waals surface area contributed by atoms with Crippen LogP contribution >= 0.6 is 11.8 Å². The van der Waals surface area contributed by atoms with E-state index in [2.05, 4.69) is 46.0 Å². The number of benzene rings is 1. The number of rotatable bonds is 5. The molecule has 1 aromatic heterocycles. The molecule has 112 valence electrons. The SMILES string of the molecule is CNCc1cc(C)ccc1Sc1nnnn1C1CCCC1. The molecule has 0 amide bonds. The van der Waals surface area contributed by atoms with Crippen molar-refractivity contribution in [2.75, 3.05) is 7.05 Å². The Labute approximate surface area is 129 Å². The molecule has 1 aliphatic carbocycles. The van der Waals surface area contributed by atoms with Gasteiger partial charge in [0.05, 0.1) is 6.04 Å². The number of hydrogen-bond acceptors (Lipinski definition) is 5. The van der Waals surface area contributed by atoms with E-state index in [4.69, 9.17) is 0 Å². The highest BCUT2D eigenvalue weighted by Crippen LogP contribution is 2.35. The fourth-order valence-electron chi connectivity index (χ4n) is 2.87. The Morgan fingerprint density at radius 2 is 2.14 bits per heavy atom. The summed E-state index contributed by atoms with van der Waals surface area (Å²) in [7, 11) is 1.97. The van der Waals surface area contributed by atoms with Crippen molar-refractivity contribution in [3.05, 3.63) is 29.3 Å². The van der Waals surface area contributed by atoms with Gasteiger partial charge in [-0.15, -0.1) is 5.10 Å². The van der Waals surface area contributed by atoms with Gasteiger partial charge in [0.15, 0.2) is 0 Å². The highest BCUT2D eigenvalue weighted by Gasteiger charge is 2.22. The van der Waals surface area contributed by atoms with Crippen LogP contribution in [0, 0.1) is 6.92 Å². The third-order valence-corrected chi connectivity index (χ3v) is 4.99. The highest BCUT2D eigenvalue weighted by molar-refractivity contribution is 7.99. The molecule has 21 heavy (non-hydrogen) atoms. The van der Waals surface area contributed by atoms with Crippen molar-refractivity contribution >= 4 is 11.8 Å². The Morgan fingerprint density at radius 3 is 2.90 bits per heavy atom. The van der Waals surface area contributed by atoms with Gasteiger partial charge in [0.25, 0.3) is 0 Å². The second-order valence-electron chi connectivity index (χ2n) is 5.59. The van der Waals surface area contributed by atoms with Gasteiger partial charge < -0.3 is 5.32 Å². The smallest absolute Gasteiger partial charge is 0.214 e. The van der Waals surface area contributed by atoms with Crippen molar-refractivity contribution in [3.63, 3.8) is 0 Å². The first-order valence-corrected chi connectivity index (χ1v) is 8.29. The predicted octanol–water partition coefficient (Wildman–Crippen LogP) is 2.97. The Balaban J connectivity index is 1.85. The van der Waals surface area contributed by atoms with E-state index in [-0.39, 0.29) is 0 Å². The topological polar surface area (TPSA) is 55.6 Å². The number of aryl methyl sites for hydroxylation is 1. The lowest BCUT2D eigenvalue weighted by molar-refractivity contribution is 0.423. The second-order valence-corrected chi connectivity index (χ2v) is 6.60.